The molecule has 1 heterocycles. The SMILES string of the molecule is C#CC1(c2cc(-c3ccccc3)ccn2)CC1. The van der Waals surface area contributed by atoms with Crippen molar-refractivity contribution < 1.29 is 0 Å². The van der Waals surface area contributed by atoms with Crippen LogP contribution in [0.3, 0.4) is 0 Å². The van der Waals surface area contributed by atoms with Crippen molar-refractivity contribution in [1.82, 2.24) is 4.98 Å². The lowest BCUT2D eigenvalue weighted by atomic mass is 9.99. The van der Waals surface area contributed by atoms with Gasteiger partial charge in [0.2, 0.25) is 0 Å². The molecule has 0 unspecified atom stereocenters. The Morgan fingerprint density at radius 3 is 2.47 bits per heavy atom. The van der Waals surface area contributed by atoms with Crippen LogP contribution in [0.4, 0.5) is 0 Å². The summed E-state index contributed by atoms with van der Waals surface area (Å²) >= 11 is 0. The Morgan fingerprint density at radius 2 is 1.82 bits per heavy atom. The Balaban J connectivity index is 2.04. The molecule has 1 saturated carbocycles. The van der Waals surface area contributed by atoms with Gasteiger partial charge in [-0.25, -0.2) is 0 Å². The fraction of sp³-hybridized carbons (Fsp3) is 0.188. The standard InChI is InChI=1S/C16H13N/c1-2-16(9-10-16)15-12-14(8-11-17-15)13-6-4-3-5-7-13/h1,3-8,11-12H,9-10H2. The van der Waals surface area contributed by atoms with E-state index in [9.17, 15) is 0 Å². The molecule has 82 valence electrons. The molecule has 0 saturated heterocycles. The van der Waals surface area contributed by atoms with Gasteiger partial charge >= 0.3 is 0 Å². The van der Waals surface area contributed by atoms with E-state index in [1.807, 2.05) is 30.5 Å². The molecular weight excluding hydrogens is 206 g/mol. The van der Waals surface area contributed by atoms with Crippen LogP contribution >= 0.6 is 0 Å². The predicted molar refractivity (Wildman–Crippen MR) is 69.4 cm³/mol. The van der Waals surface area contributed by atoms with Crippen LogP contribution in [0, 0.1) is 12.3 Å². The highest BCUT2D eigenvalue weighted by Crippen LogP contribution is 2.47. The van der Waals surface area contributed by atoms with Crippen LogP contribution < -0.4 is 0 Å². The molecule has 1 nitrogen and oxygen atoms in total. The third-order valence-corrected chi connectivity index (χ3v) is 3.38. The van der Waals surface area contributed by atoms with Crippen molar-refractivity contribution in [3.63, 3.8) is 0 Å². The molecule has 0 amide bonds. The van der Waals surface area contributed by atoms with Crippen LogP contribution in [0.15, 0.2) is 48.7 Å². The van der Waals surface area contributed by atoms with E-state index in [0.717, 1.165) is 18.5 Å². The van der Waals surface area contributed by atoms with E-state index in [2.05, 4.69) is 29.1 Å². The minimum Gasteiger partial charge on any atom is -0.260 e. The van der Waals surface area contributed by atoms with E-state index in [0.29, 0.717) is 0 Å². The first-order valence-electron chi connectivity index (χ1n) is 5.84. The van der Waals surface area contributed by atoms with Crippen molar-refractivity contribution in [3.8, 4) is 23.5 Å². The summed E-state index contributed by atoms with van der Waals surface area (Å²) in [6.07, 6.45) is 9.58. The highest BCUT2D eigenvalue weighted by Gasteiger charge is 2.44. The van der Waals surface area contributed by atoms with Gasteiger partial charge < -0.3 is 0 Å². The number of benzene rings is 1. The molecule has 2 aromatic rings. The molecule has 1 aliphatic carbocycles. The van der Waals surface area contributed by atoms with Gasteiger partial charge in [0.1, 0.15) is 0 Å². The van der Waals surface area contributed by atoms with Gasteiger partial charge in [-0.3, -0.25) is 4.98 Å². The number of aromatic nitrogens is 1. The summed E-state index contributed by atoms with van der Waals surface area (Å²) in [5.74, 6) is 2.88. The maximum Gasteiger partial charge on any atom is 0.0733 e. The number of nitrogens with zero attached hydrogens (tertiary/aromatic N) is 1. The smallest absolute Gasteiger partial charge is 0.0733 e. The summed E-state index contributed by atoms with van der Waals surface area (Å²) in [7, 11) is 0. The Morgan fingerprint density at radius 1 is 1.06 bits per heavy atom. The van der Waals surface area contributed by atoms with Gasteiger partial charge in [-0.1, -0.05) is 36.3 Å². The van der Waals surface area contributed by atoms with Crippen LogP contribution in [0.1, 0.15) is 18.5 Å². The minimum absolute atomic E-state index is 0.0786. The summed E-state index contributed by atoms with van der Waals surface area (Å²) in [5, 5.41) is 0. The summed E-state index contributed by atoms with van der Waals surface area (Å²) in [6, 6.07) is 14.5. The van der Waals surface area contributed by atoms with E-state index >= 15 is 0 Å². The maximum absolute atomic E-state index is 5.60. The summed E-state index contributed by atoms with van der Waals surface area (Å²) in [5.41, 5.74) is 3.37. The van der Waals surface area contributed by atoms with E-state index in [4.69, 9.17) is 6.42 Å². The van der Waals surface area contributed by atoms with Crippen molar-refractivity contribution in [2.24, 2.45) is 0 Å². The van der Waals surface area contributed by atoms with Gasteiger partial charge in [-0.2, -0.15) is 0 Å². The van der Waals surface area contributed by atoms with Crippen molar-refractivity contribution >= 4 is 0 Å². The molecule has 17 heavy (non-hydrogen) atoms. The molecule has 1 aromatic heterocycles. The molecule has 0 bridgehead atoms. The lowest BCUT2D eigenvalue weighted by molar-refractivity contribution is 0.872. The van der Waals surface area contributed by atoms with Gasteiger partial charge in [-0.15, -0.1) is 6.42 Å². The molecule has 0 atom stereocenters. The highest BCUT2D eigenvalue weighted by atomic mass is 14.7. The summed E-state index contributed by atoms with van der Waals surface area (Å²) in [4.78, 5) is 4.43. The maximum atomic E-state index is 5.60. The highest BCUT2D eigenvalue weighted by molar-refractivity contribution is 5.64. The zero-order valence-electron chi connectivity index (χ0n) is 9.56. The number of terminal acetylenes is 1. The number of hydrogen-bond acceptors (Lipinski definition) is 1. The number of hydrogen-bond donors (Lipinski definition) is 0. The quantitative estimate of drug-likeness (QED) is 0.705. The van der Waals surface area contributed by atoms with E-state index in [-0.39, 0.29) is 5.41 Å². The van der Waals surface area contributed by atoms with Crippen LogP contribution in [-0.4, -0.2) is 4.98 Å². The topological polar surface area (TPSA) is 12.9 Å². The van der Waals surface area contributed by atoms with Crippen molar-refractivity contribution in [3.05, 3.63) is 54.4 Å². The lowest BCUT2D eigenvalue weighted by Gasteiger charge is -2.09. The second kappa shape index (κ2) is 3.75. The predicted octanol–water partition coefficient (Wildman–Crippen LogP) is 3.41. The molecule has 1 aliphatic rings. The molecule has 3 rings (SSSR count). The molecule has 1 fully saturated rings. The minimum atomic E-state index is -0.0786. The molecular formula is C16H13N. The monoisotopic (exact) mass is 219 g/mol. The second-order valence-electron chi connectivity index (χ2n) is 4.52. The average molecular weight is 219 g/mol. The van der Waals surface area contributed by atoms with Gasteiger partial charge in [0.15, 0.2) is 0 Å². The third-order valence-electron chi connectivity index (χ3n) is 3.38. The van der Waals surface area contributed by atoms with E-state index in [1.165, 1.54) is 11.1 Å². The van der Waals surface area contributed by atoms with Gasteiger partial charge in [0.25, 0.3) is 0 Å². The first-order valence-corrected chi connectivity index (χ1v) is 5.84. The fourth-order valence-corrected chi connectivity index (χ4v) is 2.10. The average Bonchev–Trinajstić information content (AvgIpc) is 3.21. The lowest BCUT2D eigenvalue weighted by Crippen LogP contribution is -2.05. The van der Waals surface area contributed by atoms with Crippen LogP contribution in [0.25, 0.3) is 11.1 Å². The Bertz CT molecular complexity index is 574. The largest absolute Gasteiger partial charge is 0.260 e. The first-order chi connectivity index (χ1) is 8.34. The Labute approximate surface area is 102 Å². The molecule has 0 N–H and O–H groups in total. The van der Waals surface area contributed by atoms with Gasteiger partial charge in [0, 0.05) is 6.20 Å². The van der Waals surface area contributed by atoms with Crippen LogP contribution in [0.2, 0.25) is 0 Å². The molecule has 1 heteroatoms. The normalized spacial score (nSPS) is 16.2. The van der Waals surface area contributed by atoms with E-state index < -0.39 is 0 Å². The summed E-state index contributed by atoms with van der Waals surface area (Å²) in [6.45, 7) is 0. The molecule has 0 spiro atoms. The number of pyridine rings is 1. The van der Waals surface area contributed by atoms with Crippen LogP contribution in [0.5, 0.6) is 0 Å². The second-order valence-corrected chi connectivity index (χ2v) is 4.52. The zero-order valence-corrected chi connectivity index (χ0v) is 9.56. The van der Waals surface area contributed by atoms with Gasteiger partial charge in [-0.05, 0) is 36.1 Å². The molecule has 0 aliphatic heterocycles. The van der Waals surface area contributed by atoms with Crippen molar-refractivity contribution in [1.29, 1.82) is 0 Å². The Kier molecular flexibility index (Phi) is 2.23. The van der Waals surface area contributed by atoms with Crippen LogP contribution in [-0.2, 0) is 5.41 Å². The molecule has 0 radical (unpaired) electrons. The first kappa shape index (κ1) is 10.1. The number of rotatable bonds is 2. The fourth-order valence-electron chi connectivity index (χ4n) is 2.10. The third kappa shape index (κ3) is 1.72. The van der Waals surface area contributed by atoms with Crippen molar-refractivity contribution in [2.75, 3.05) is 0 Å². The summed E-state index contributed by atoms with van der Waals surface area (Å²) < 4.78 is 0. The van der Waals surface area contributed by atoms with Gasteiger partial charge in [0.05, 0.1) is 11.1 Å². The van der Waals surface area contributed by atoms with Crippen molar-refractivity contribution in [2.45, 2.75) is 18.3 Å². The van der Waals surface area contributed by atoms with E-state index in [1.54, 1.807) is 0 Å². The molecule has 1 aromatic carbocycles. The Hall–Kier alpha value is -2.07. The zero-order chi connectivity index (χ0) is 11.7.